The van der Waals surface area contributed by atoms with Gasteiger partial charge in [-0.3, -0.25) is 4.79 Å². The second kappa shape index (κ2) is 6.56. The number of hydrogen-bond acceptors (Lipinski definition) is 4. The van der Waals surface area contributed by atoms with E-state index in [2.05, 4.69) is 10.2 Å². The zero-order chi connectivity index (χ0) is 14.4. The molecule has 1 atom stereocenters. The molecule has 0 N–H and O–H groups in total. The first-order valence-corrected chi connectivity index (χ1v) is 6.22. The van der Waals surface area contributed by atoms with E-state index >= 15 is 0 Å². The van der Waals surface area contributed by atoms with Gasteiger partial charge in [0.05, 0.1) is 12.2 Å². The van der Waals surface area contributed by atoms with Gasteiger partial charge in [0.2, 0.25) is 5.88 Å². The molecule has 0 aliphatic heterocycles. The van der Waals surface area contributed by atoms with Gasteiger partial charge in [0.15, 0.2) is 0 Å². The molecule has 0 aliphatic carbocycles. The van der Waals surface area contributed by atoms with E-state index in [0.717, 1.165) is 5.56 Å². The molecule has 5 heteroatoms. The van der Waals surface area contributed by atoms with Gasteiger partial charge < -0.3 is 4.74 Å². The van der Waals surface area contributed by atoms with Crippen LogP contribution >= 0.6 is 0 Å². The van der Waals surface area contributed by atoms with E-state index in [1.54, 1.807) is 0 Å². The molecule has 0 radical (unpaired) electrons. The first kappa shape index (κ1) is 13.9. The van der Waals surface area contributed by atoms with Crippen molar-refractivity contribution >= 4 is 5.91 Å². The molecule has 20 heavy (non-hydrogen) atoms. The Bertz CT molecular complexity index is 599. The maximum absolute atomic E-state index is 11.2. The van der Waals surface area contributed by atoms with E-state index in [1.807, 2.05) is 37.3 Å². The first-order chi connectivity index (χ1) is 9.70. The molecular weight excluding hydrogens is 256 g/mol. The normalized spacial score (nSPS) is 11.7. The maximum atomic E-state index is 11.2. The molecule has 1 aromatic heterocycles. The summed E-state index contributed by atoms with van der Waals surface area (Å²) >= 11 is 0. The Kier molecular flexibility index (Phi) is 4.55. The van der Waals surface area contributed by atoms with E-state index in [0.29, 0.717) is 12.5 Å². The quantitative estimate of drug-likeness (QED) is 0.782. The van der Waals surface area contributed by atoms with Gasteiger partial charge in [-0.05, 0) is 11.6 Å². The molecule has 1 aromatic carbocycles. The number of benzene rings is 1. The van der Waals surface area contributed by atoms with Crippen LogP contribution in [0.15, 0.2) is 53.8 Å². The van der Waals surface area contributed by atoms with E-state index in [1.165, 1.54) is 18.3 Å². The third-order valence-corrected chi connectivity index (χ3v) is 2.91. The lowest BCUT2D eigenvalue weighted by Crippen LogP contribution is -2.08. The van der Waals surface area contributed by atoms with E-state index in [4.69, 9.17) is 4.74 Å². The fraction of sp³-hybridized carbons (Fsp3) is 0.200. The van der Waals surface area contributed by atoms with Gasteiger partial charge in [-0.1, -0.05) is 37.3 Å². The Balaban J connectivity index is 2.01. The van der Waals surface area contributed by atoms with E-state index in [-0.39, 0.29) is 11.5 Å². The summed E-state index contributed by atoms with van der Waals surface area (Å²) in [5, 5.41) is 2.37. The molecule has 1 heterocycles. The molecule has 102 valence electrons. The Morgan fingerprint density at radius 2 is 2.05 bits per heavy atom. The lowest BCUT2D eigenvalue weighted by molar-refractivity contribution is 0.1000. The molecule has 0 aliphatic rings. The number of amides is 1. The first-order valence-electron chi connectivity index (χ1n) is 6.22. The summed E-state index contributed by atoms with van der Waals surface area (Å²) in [6, 6.07) is 12.8. The summed E-state index contributed by atoms with van der Waals surface area (Å²) < 4.78 is 5.55. The van der Waals surface area contributed by atoms with Gasteiger partial charge >= 0.3 is 5.91 Å². The topological polar surface area (TPSA) is 68.6 Å². The third kappa shape index (κ3) is 3.47. The number of aromatic nitrogens is 1. The Hall–Kier alpha value is -2.56. The summed E-state index contributed by atoms with van der Waals surface area (Å²) in [7, 11) is 0. The molecule has 2 rings (SSSR count). The SMILES string of the molecule is CC(COc1cc(C(=O)N=O)ccn1)c1ccccc1. The van der Waals surface area contributed by atoms with Gasteiger partial charge in [0.25, 0.3) is 0 Å². The van der Waals surface area contributed by atoms with Crippen LogP contribution in [-0.2, 0) is 0 Å². The fourth-order valence-corrected chi connectivity index (χ4v) is 1.76. The van der Waals surface area contributed by atoms with Crippen LogP contribution in [0.3, 0.4) is 0 Å². The zero-order valence-electron chi connectivity index (χ0n) is 11.0. The lowest BCUT2D eigenvalue weighted by atomic mass is 10.0. The van der Waals surface area contributed by atoms with Crippen molar-refractivity contribution in [1.29, 1.82) is 0 Å². The highest BCUT2D eigenvalue weighted by Gasteiger charge is 2.09. The van der Waals surface area contributed by atoms with Crippen molar-refractivity contribution in [2.75, 3.05) is 6.61 Å². The number of carbonyl (C=O) groups is 1. The highest BCUT2D eigenvalue weighted by molar-refractivity contribution is 5.94. The molecule has 0 saturated heterocycles. The smallest absolute Gasteiger partial charge is 0.317 e. The molecule has 1 unspecified atom stereocenters. The average molecular weight is 270 g/mol. The molecule has 0 saturated carbocycles. The lowest BCUT2D eigenvalue weighted by Gasteiger charge is -2.12. The van der Waals surface area contributed by atoms with E-state index < -0.39 is 5.91 Å². The Labute approximate surface area is 116 Å². The van der Waals surface area contributed by atoms with E-state index in [9.17, 15) is 9.70 Å². The Morgan fingerprint density at radius 1 is 1.30 bits per heavy atom. The number of nitroso groups, excluding NO2 is 1. The predicted molar refractivity (Wildman–Crippen MR) is 74.7 cm³/mol. The highest BCUT2D eigenvalue weighted by Crippen LogP contribution is 2.17. The maximum Gasteiger partial charge on any atom is 0.317 e. The van der Waals surface area contributed by atoms with Crippen molar-refractivity contribution in [3.8, 4) is 5.88 Å². The van der Waals surface area contributed by atoms with Crippen LogP contribution in [0.2, 0.25) is 0 Å². The van der Waals surface area contributed by atoms with Crippen molar-refractivity contribution in [1.82, 2.24) is 4.98 Å². The van der Waals surface area contributed by atoms with Gasteiger partial charge in [0.1, 0.15) is 0 Å². The number of carbonyl (C=O) groups excluding carboxylic acids is 1. The van der Waals surface area contributed by atoms with Crippen molar-refractivity contribution in [2.24, 2.45) is 5.18 Å². The second-order valence-corrected chi connectivity index (χ2v) is 4.40. The third-order valence-electron chi connectivity index (χ3n) is 2.91. The van der Waals surface area contributed by atoms with Gasteiger partial charge in [-0.15, -0.1) is 4.91 Å². The number of nitrogens with zero attached hydrogens (tertiary/aromatic N) is 2. The monoisotopic (exact) mass is 270 g/mol. The molecule has 0 fully saturated rings. The summed E-state index contributed by atoms with van der Waals surface area (Å²) in [4.78, 5) is 25.4. The number of ether oxygens (including phenoxy) is 1. The molecule has 5 nitrogen and oxygen atoms in total. The summed E-state index contributed by atoms with van der Waals surface area (Å²) in [5.41, 5.74) is 1.34. The van der Waals surface area contributed by atoms with Crippen LogP contribution in [0.5, 0.6) is 5.88 Å². The van der Waals surface area contributed by atoms with Crippen LogP contribution in [0, 0.1) is 4.91 Å². The number of hydrogen-bond donors (Lipinski definition) is 0. The van der Waals surface area contributed by atoms with Crippen molar-refractivity contribution < 1.29 is 9.53 Å². The molecule has 1 amide bonds. The average Bonchev–Trinajstić information content (AvgIpc) is 2.53. The molecular formula is C15H14N2O3. The fourth-order valence-electron chi connectivity index (χ4n) is 1.76. The van der Waals surface area contributed by atoms with Crippen LogP contribution in [0.25, 0.3) is 0 Å². The molecule has 0 bridgehead atoms. The van der Waals surface area contributed by atoms with Crippen LogP contribution in [0.1, 0.15) is 28.8 Å². The van der Waals surface area contributed by atoms with Crippen LogP contribution in [0.4, 0.5) is 0 Å². The number of pyridine rings is 1. The zero-order valence-corrected chi connectivity index (χ0v) is 11.0. The van der Waals surface area contributed by atoms with Gasteiger partial charge in [-0.2, -0.15) is 0 Å². The van der Waals surface area contributed by atoms with Crippen LogP contribution < -0.4 is 4.74 Å². The minimum Gasteiger partial charge on any atom is -0.477 e. The van der Waals surface area contributed by atoms with Gasteiger partial charge in [0, 0.05) is 23.4 Å². The molecule has 0 spiro atoms. The summed E-state index contributed by atoms with van der Waals surface area (Å²) in [6.07, 6.45) is 1.42. The highest BCUT2D eigenvalue weighted by atomic mass is 16.5. The summed E-state index contributed by atoms with van der Waals surface area (Å²) in [6.45, 7) is 2.47. The minimum atomic E-state index is -0.826. The number of rotatable bonds is 5. The molecule has 2 aromatic rings. The summed E-state index contributed by atoms with van der Waals surface area (Å²) in [5.74, 6) is -0.322. The van der Waals surface area contributed by atoms with Crippen molar-refractivity contribution in [3.05, 3.63) is 64.7 Å². The standard InChI is InChI=1S/C15H14N2O3/c1-11(12-5-3-2-4-6-12)10-20-14-9-13(7-8-16-14)15(18)17-19/h2-9,11H,10H2,1H3. The van der Waals surface area contributed by atoms with Crippen molar-refractivity contribution in [2.45, 2.75) is 12.8 Å². The van der Waals surface area contributed by atoms with Crippen LogP contribution in [-0.4, -0.2) is 17.5 Å². The largest absolute Gasteiger partial charge is 0.477 e. The second-order valence-electron chi connectivity index (χ2n) is 4.40. The predicted octanol–water partition coefficient (Wildman–Crippen LogP) is 3.17. The van der Waals surface area contributed by atoms with Crippen molar-refractivity contribution in [3.63, 3.8) is 0 Å². The van der Waals surface area contributed by atoms with Gasteiger partial charge in [-0.25, -0.2) is 4.98 Å². The Morgan fingerprint density at radius 3 is 2.75 bits per heavy atom. The minimum absolute atomic E-state index is 0.178.